The second-order valence-corrected chi connectivity index (χ2v) is 9.34. The molecule has 1 saturated heterocycles. The summed E-state index contributed by atoms with van der Waals surface area (Å²) in [5.74, 6) is 0.237. The average molecular weight is 484 g/mol. The normalized spacial score (nSPS) is 16.1. The van der Waals surface area contributed by atoms with E-state index in [-0.39, 0.29) is 35.1 Å². The monoisotopic (exact) mass is 483 g/mol. The highest BCUT2D eigenvalue weighted by molar-refractivity contribution is 7.99. The summed E-state index contributed by atoms with van der Waals surface area (Å²) in [7, 11) is 0. The first-order valence-corrected chi connectivity index (χ1v) is 12.1. The van der Waals surface area contributed by atoms with E-state index >= 15 is 0 Å². The molecule has 5 rings (SSSR count). The van der Waals surface area contributed by atoms with Crippen molar-refractivity contribution in [1.82, 2.24) is 24.6 Å². The molecule has 10 heteroatoms. The van der Waals surface area contributed by atoms with Crippen LogP contribution in [0.1, 0.15) is 12.8 Å². The first kappa shape index (κ1) is 22.5. The maximum Gasteiger partial charge on any atom is 0.233 e. The largest absolute Gasteiger partial charge is 0.339 e. The number of benzene rings is 2. The number of carbonyl (C=O) groups excluding carboxylic acids is 2. The lowest BCUT2D eigenvalue weighted by Crippen LogP contribution is -2.51. The zero-order valence-corrected chi connectivity index (χ0v) is 19.2. The Hall–Kier alpha value is -3.27. The van der Waals surface area contributed by atoms with Crippen molar-refractivity contribution in [2.45, 2.75) is 18.0 Å². The Morgan fingerprint density at radius 1 is 0.853 bits per heavy atom. The van der Waals surface area contributed by atoms with E-state index in [1.165, 1.54) is 36.0 Å². The zero-order chi connectivity index (χ0) is 23.7. The minimum absolute atomic E-state index is 0.0412. The van der Waals surface area contributed by atoms with Crippen LogP contribution in [0, 0.1) is 17.6 Å². The van der Waals surface area contributed by atoms with Gasteiger partial charge in [-0.05, 0) is 61.4 Å². The standard InChI is InChI=1S/C24H23F2N5O2S/c25-18-5-3-16(4-6-18)22-27-28-24(31(22)20-9-7-19(26)8-10-20)34-15-21(32)29-11-13-30(14-12-29)23(33)17-1-2-17/h3-10,17H,1-2,11-15H2. The quantitative estimate of drug-likeness (QED) is 0.503. The Morgan fingerprint density at radius 2 is 1.44 bits per heavy atom. The smallest absolute Gasteiger partial charge is 0.233 e. The number of hydrogen-bond donors (Lipinski definition) is 0. The number of thioether (sulfide) groups is 1. The van der Waals surface area contributed by atoms with Crippen LogP contribution in [0.2, 0.25) is 0 Å². The van der Waals surface area contributed by atoms with Gasteiger partial charge in [-0.1, -0.05) is 11.8 Å². The topological polar surface area (TPSA) is 71.3 Å². The minimum atomic E-state index is -0.371. The van der Waals surface area contributed by atoms with Crippen LogP contribution >= 0.6 is 11.8 Å². The molecule has 0 N–H and O–H groups in total. The summed E-state index contributed by atoms with van der Waals surface area (Å²) in [4.78, 5) is 28.7. The molecule has 0 bridgehead atoms. The number of rotatable bonds is 6. The summed E-state index contributed by atoms with van der Waals surface area (Å²) in [6.45, 7) is 2.16. The molecule has 1 aromatic heterocycles. The van der Waals surface area contributed by atoms with Crippen LogP contribution in [0.25, 0.3) is 17.1 Å². The molecular formula is C24H23F2N5O2S. The zero-order valence-electron chi connectivity index (χ0n) is 18.4. The van der Waals surface area contributed by atoms with Crippen molar-refractivity contribution in [1.29, 1.82) is 0 Å². The van der Waals surface area contributed by atoms with Crippen LogP contribution in [0.15, 0.2) is 53.7 Å². The minimum Gasteiger partial charge on any atom is -0.339 e. The summed E-state index contributed by atoms with van der Waals surface area (Å²) >= 11 is 1.24. The first-order valence-electron chi connectivity index (χ1n) is 11.2. The Balaban J connectivity index is 1.30. The third-order valence-electron chi connectivity index (χ3n) is 6.02. The summed E-state index contributed by atoms with van der Waals surface area (Å²) in [6.07, 6.45) is 1.95. The molecule has 0 atom stereocenters. The lowest BCUT2D eigenvalue weighted by Gasteiger charge is -2.34. The van der Waals surface area contributed by atoms with Gasteiger partial charge in [0.1, 0.15) is 11.6 Å². The number of hydrogen-bond acceptors (Lipinski definition) is 5. The molecule has 2 heterocycles. The van der Waals surface area contributed by atoms with Crippen LogP contribution < -0.4 is 0 Å². The predicted octanol–water partition coefficient (Wildman–Crippen LogP) is 3.39. The van der Waals surface area contributed by atoms with Crippen LogP contribution in [-0.2, 0) is 9.59 Å². The van der Waals surface area contributed by atoms with E-state index in [0.29, 0.717) is 48.4 Å². The van der Waals surface area contributed by atoms with Crippen molar-refractivity contribution in [2.75, 3.05) is 31.9 Å². The second kappa shape index (κ2) is 9.54. The molecule has 1 saturated carbocycles. The first-order chi connectivity index (χ1) is 16.5. The van der Waals surface area contributed by atoms with E-state index in [9.17, 15) is 18.4 Å². The Morgan fingerprint density at radius 3 is 2.06 bits per heavy atom. The van der Waals surface area contributed by atoms with Crippen molar-refractivity contribution in [3.63, 3.8) is 0 Å². The molecule has 2 fully saturated rings. The van der Waals surface area contributed by atoms with Gasteiger partial charge in [-0.3, -0.25) is 14.2 Å². The fourth-order valence-electron chi connectivity index (χ4n) is 3.95. The average Bonchev–Trinajstić information content (AvgIpc) is 3.63. The Labute approximate surface area is 199 Å². The van der Waals surface area contributed by atoms with E-state index < -0.39 is 0 Å². The van der Waals surface area contributed by atoms with Gasteiger partial charge in [0, 0.05) is 43.3 Å². The molecule has 2 aromatic carbocycles. The van der Waals surface area contributed by atoms with E-state index in [2.05, 4.69) is 10.2 Å². The number of halogens is 2. The van der Waals surface area contributed by atoms with Gasteiger partial charge in [0.2, 0.25) is 11.8 Å². The molecule has 176 valence electrons. The van der Waals surface area contributed by atoms with Gasteiger partial charge in [0.25, 0.3) is 0 Å². The lowest BCUT2D eigenvalue weighted by atomic mass is 10.2. The Bertz CT molecular complexity index is 1190. The van der Waals surface area contributed by atoms with Crippen molar-refractivity contribution in [2.24, 2.45) is 5.92 Å². The maximum atomic E-state index is 13.5. The van der Waals surface area contributed by atoms with Gasteiger partial charge in [0.15, 0.2) is 11.0 Å². The highest BCUT2D eigenvalue weighted by Crippen LogP contribution is 2.31. The summed E-state index contributed by atoms with van der Waals surface area (Å²) in [5.41, 5.74) is 1.28. The van der Waals surface area contributed by atoms with Crippen molar-refractivity contribution in [3.8, 4) is 17.1 Å². The molecule has 2 amide bonds. The SMILES string of the molecule is O=C(CSc1nnc(-c2ccc(F)cc2)n1-c1ccc(F)cc1)N1CCN(C(=O)C2CC2)CC1. The highest BCUT2D eigenvalue weighted by atomic mass is 32.2. The third-order valence-corrected chi connectivity index (χ3v) is 6.93. The van der Waals surface area contributed by atoms with Gasteiger partial charge in [-0.25, -0.2) is 8.78 Å². The molecule has 2 aliphatic rings. The van der Waals surface area contributed by atoms with Gasteiger partial charge in [0.05, 0.1) is 5.75 Å². The molecule has 1 aliphatic heterocycles. The van der Waals surface area contributed by atoms with Crippen LogP contribution in [-0.4, -0.2) is 68.3 Å². The van der Waals surface area contributed by atoms with Crippen molar-refractivity contribution >= 4 is 23.6 Å². The fraction of sp³-hybridized carbons (Fsp3) is 0.333. The van der Waals surface area contributed by atoms with E-state index in [0.717, 1.165) is 12.8 Å². The van der Waals surface area contributed by atoms with Crippen LogP contribution in [0.4, 0.5) is 8.78 Å². The predicted molar refractivity (Wildman–Crippen MR) is 123 cm³/mol. The summed E-state index contributed by atoms with van der Waals surface area (Å²) in [6, 6.07) is 11.8. The Kier molecular flexibility index (Phi) is 6.32. The third kappa shape index (κ3) is 4.82. The molecule has 3 aromatic rings. The van der Waals surface area contributed by atoms with Gasteiger partial charge >= 0.3 is 0 Å². The van der Waals surface area contributed by atoms with Gasteiger partial charge in [-0.2, -0.15) is 0 Å². The van der Waals surface area contributed by atoms with Gasteiger partial charge in [-0.15, -0.1) is 10.2 Å². The molecule has 0 spiro atoms. The summed E-state index contributed by atoms with van der Waals surface area (Å²) < 4.78 is 28.7. The highest BCUT2D eigenvalue weighted by Gasteiger charge is 2.35. The molecule has 0 radical (unpaired) electrons. The van der Waals surface area contributed by atoms with Crippen molar-refractivity contribution in [3.05, 3.63) is 60.2 Å². The van der Waals surface area contributed by atoms with Crippen LogP contribution in [0.5, 0.6) is 0 Å². The molecule has 0 unspecified atom stereocenters. The summed E-state index contributed by atoms with van der Waals surface area (Å²) in [5, 5.41) is 9.00. The number of aromatic nitrogens is 3. The molecule has 34 heavy (non-hydrogen) atoms. The maximum absolute atomic E-state index is 13.5. The fourth-order valence-corrected chi connectivity index (χ4v) is 4.81. The number of piperazine rings is 1. The van der Waals surface area contributed by atoms with Crippen LogP contribution in [0.3, 0.4) is 0 Å². The van der Waals surface area contributed by atoms with Gasteiger partial charge < -0.3 is 9.80 Å². The lowest BCUT2D eigenvalue weighted by molar-refractivity contribution is -0.139. The van der Waals surface area contributed by atoms with E-state index in [1.807, 2.05) is 4.90 Å². The molecule has 7 nitrogen and oxygen atoms in total. The molecule has 1 aliphatic carbocycles. The molecular weight excluding hydrogens is 460 g/mol. The van der Waals surface area contributed by atoms with Crippen molar-refractivity contribution < 1.29 is 18.4 Å². The second-order valence-electron chi connectivity index (χ2n) is 8.39. The number of carbonyl (C=O) groups is 2. The number of nitrogens with zero attached hydrogens (tertiary/aromatic N) is 5. The van der Waals surface area contributed by atoms with E-state index in [4.69, 9.17) is 0 Å². The number of amides is 2. The van der Waals surface area contributed by atoms with E-state index in [1.54, 1.807) is 33.7 Å².